The van der Waals surface area contributed by atoms with Gasteiger partial charge in [-0.25, -0.2) is 15.0 Å². The summed E-state index contributed by atoms with van der Waals surface area (Å²) < 4.78 is 0. The Bertz CT molecular complexity index is 1210. The molecule has 0 aliphatic heterocycles. The summed E-state index contributed by atoms with van der Waals surface area (Å²) in [6.07, 6.45) is 3.60. The molecule has 0 bridgehead atoms. The van der Waals surface area contributed by atoms with Crippen molar-refractivity contribution in [3.05, 3.63) is 109 Å². The van der Waals surface area contributed by atoms with Gasteiger partial charge < -0.3 is 0 Å². The smallest absolute Gasteiger partial charge is 0.164 e. The van der Waals surface area contributed by atoms with Gasteiger partial charge in [-0.05, 0) is 29.3 Å². The van der Waals surface area contributed by atoms with Gasteiger partial charge in [-0.1, -0.05) is 78.9 Å². The lowest BCUT2D eigenvalue weighted by molar-refractivity contribution is 1.07. The molecule has 4 heteroatoms. The van der Waals surface area contributed by atoms with Gasteiger partial charge in [0.2, 0.25) is 0 Å². The van der Waals surface area contributed by atoms with Crippen molar-refractivity contribution in [1.29, 1.82) is 0 Å². The molecule has 0 saturated heterocycles. The van der Waals surface area contributed by atoms with Crippen LogP contribution >= 0.6 is 0 Å². The third-order valence-electron chi connectivity index (χ3n) is 4.83. The Labute approximate surface area is 175 Å². The van der Waals surface area contributed by atoms with E-state index in [2.05, 4.69) is 17.1 Å². The molecule has 0 aliphatic carbocycles. The minimum absolute atomic E-state index is 0.651. The second kappa shape index (κ2) is 8.05. The van der Waals surface area contributed by atoms with Gasteiger partial charge in [-0.3, -0.25) is 4.98 Å². The lowest BCUT2D eigenvalue weighted by Gasteiger charge is -2.09. The highest BCUT2D eigenvalue weighted by Crippen LogP contribution is 2.27. The Hall–Kier alpha value is -4.18. The van der Waals surface area contributed by atoms with Gasteiger partial charge in [0, 0.05) is 29.1 Å². The lowest BCUT2D eigenvalue weighted by atomic mass is 10.0. The van der Waals surface area contributed by atoms with Gasteiger partial charge in [0.15, 0.2) is 17.5 Å². The van der Waals surface area contributed by atoms with Crippen LogP contribution in [0.3, 0.4) is 0 Å². The first-order valence-electron chi connectivity index (χ1n) is 9.74. The maximum Gasteiger partial charge on any atom is 0.164 e. The second-order valence-corrected chi connectivity index (χ2v) is 6.85. The van der Waals surface area contributed by atoms with Crippen molar-refractivity contribution in [3.8, 4) is 45.3 Å². The molecule has 3 aromatic carbocycles. The minimum atomic E-state index is 0.651. The zero-order valence-electron chi connectivity index (χ0n) is 16.2. The minimum Gasteiger partial charge on any atom is -0.265 e. The molecule has 0 spiro atoms. The molecule has 0 aliphatic rings. The summed E-state index contributed by atoms with van der Waals surface area (Å²) in [4.78, 5) is 18.5. The number of aromatic nitrogens is 4. The number of nitrogens with zero attached hydrogens (tertiary/aromatic N) is 4. The molecular formula is C26H18N4. The van der Waals surface area contributed by atoms with Crippen LogP contribution in [0.5, 0.6) is 0 Å². The topological polar surface area (TPSA) is 51.6 Å². The van der Waals surface area contributed by atoms with E-state index >= 15 is 0 Å². The molecule has 0 amide bonds. The Morgan fingerprint density at radius 2 is 0.833 bits per heavy atom. The van der Waals surface area contributed by atoms with E-state index in [1.165, 1.54) is 0 Å². The molecule has 2 heterocycles. The molecule has 30 heavy (non-hydrogen) atoms. The van der Waals surface area contributed by atoms with E-state index in [-0.39, 0.29) is 0 Å². The van der Waals surface area contributed by atoms with E-state index in [1.54, 1.807) is 12.4 Å². The summed E-state index contributed by atoms with van der Waals surface area (Å²) in [6, 6.07) is 32.2. The number of benzene rings is 3. The highest BCUT2D eigenvalue weighted by Gasteiger charge is 2.12. The summed E-state index contributed by atoms with van der Waals surface area (Å²) >= 11 is 0. The van der Waals surface area contributed by atoms with E-state index in [9.17, 15) is 0 Å². The maximum absolute atomic E-state index is 4.80. The summed E-state index contributed by atoms with van der Waals surface area (Å²) in [6.45, 7) is 0. The highest BCUT2D eigenvalue weighted by atomic mass is 15.0. The SMILES string of the molecule is c1ccc(-c2nc(-c3ccccc3)nc(-c3cccc(-c4ccncc4)c3)n2)cc1. The third kappa shape index (κ3) is 3.71. The van der Waals surface area contributed by atoms with E-state index in [0.29, 0.717) is 17.5 Å². The Kier molecular flexibility index (Phi) is 4.80. The Morgan fingerprint density at radius 3 is 1.40 bits per heavy atom. The van der Waals surface area contributed by atoms with Crippen LogP contribution in [0.1, 0.15) is 0 Å². The fourth-order valence-electron chi connectivity index (χ4n) is 3.32. The molecular weight excluding hydrogens is 368 g/mol. The van der Waals surface area contributed by atoms with Crippen LogP contribution in [0, 0.1) is 0 Å². The first kappa shape index (κ1) is 17.9. The van der Waals surface area contributed by atoms with Crippen molar-refractivity contribution in [3.63, 3.8) is 0 Å². The first-order chi connectivity index (χ1) is 14.9. The van der Waals surface area contributed by atoms with E-state index in [4.69, 9.17) is 15.0 Å². The second-order valence-electron chi connectivity index (χ2n) is 6.85. The molecule has 0 saturated carbocycles. The first-order valence-corrected chi connectivity index (χ1v) is 9.74. The zero-order chi connectivity index (χ0) is 20.2. The molecule has 2 aromatic heterocycles. The monoisotopic (exact) mass is 386 g/mol. The van der Waals surface area contributed by atoms with Crippen molar-refractivity contribution in [2.75, 3.05) is 0 Å². The van der Waals surface area contributed by atoms with Gasteiger partial charge in [0.1, 0.15) is 0 Å². The Balaban J connectivity index is 1.67. The van der Waals surface area contributed by atoms with Crippen molar-refractivity contribution >= 4 is 0 Å². The van der Waals surface area contributed by atoms with Crippen LogP contribution in [0.2, 0.25) is 0 Å². The number of pyridine rings is 1. The van der Waals surface area contributed by atoms with Crippen LogP contribution in [0.25, 0.3) is 45.3 Å². The summed E-state index contributed by atoms with van der Waals surface area (Å²) in [5, 5.41) is 0. The summed E-state index contributed by atoms with van der Waals surface area (Å²) in [5.41, 5.74) is 5.07. The predicted molar refractivity (Wildman–Crippen MR) is 119 cm³/mol. The molecule has 0 N–H and O–H groups in total. The van der Waals surface area contributed by atoms with Crippen LogP contribution in [0.4, 0.5) is 0 Å². The normalized spacial score (nSPS) is 10.7. The number of hydrogen-bond donors (Lipinski definition) is 0. The summed E-state index contributed by atoms with van der Waals surface area (Å²) in [5.74, 6) is 1.97. The molecule has 4 nitrogen and oxygen atoms in total. The number of hydrogen-bond acceptors (Lipinski definition) is 4. The van der Waals surface area contributed by atoms with Crippen LogP contribution in [-0.2, 0) is 0 Å². The zero-order valence-corrected chi connectivity index (χ0v) is 16.2. The largest absolute Gasteiger partial charge is 0.265 e. The molecule has 0 radical (unpaired) electrons. The van der Waals surface area contributed by atoms with Crippen LogP contribution < -0.4 is 0 Å². The Morgan fingerprint density at radius 1 is 0.367 bits per heavy atom. The van der Waals surface area contributed by atoms with Gasteiger partial charge >= 0.3 is 0 Å². The van der Waals surface area contributed by atoms with Crippen LogP contribution in [-0.4, -0.2) is 19.9 Å². The summed E-state index contributed by atoms with van der Waals surface area (Å²) in [7, 11) is 0. The third-order valence-corrected chi connectivity index (χ3v) is 4.83. The molecule has 0 fully saturated rings. The van der Waals surface area contributed by atoms with E-state index in [1.807, 2.05) is 84.9 Å². The van der Waals surface area contributed by atoms with Gasteiger partial charge in [-0.2, -0.15) is 0 Å². The van der Waals surface area contributed by atoms with Gasteiger partial charge in [0.05, 0.1) is 0 Å². The average Bonchev–Trinajstić information content (AvgIpc) is 2.85. The van der Waals surface area contributed by atoms with Gasteiger partial charge in [-0.15, -0.1) is 0 Å². The van der Waals surface area contributed by atoms with Crippen molar-refractivity contribution < 1.29 is 0 Å². The molecule has 5 aromatic rings. The molecule has 142 valence electrons. The molecule has 0 unspecified atom stereocenters. The number of rotatable bonds is 4. The molecule has 5 rings (SSSR count). The predicted octanol–water partition coefficient (Wildman–Crippen LogP) is 5.93. The standard InChI is InChI=1S/C26H18N4/c1-3-8-20(9-4-1)24-28-25(21-10-5-2-6-11-21)30-26(29-24)23-13-7-12-22(18-23)19-14-16-27-17-15-19/h1-18H. The fourth-order valence-corrected chi connectivity index (χ4v) is 3.32. The van der Waals surface area contributed by atoms with Crippen molar-refractivity contribution in [1.82, 2.24) is 19.9 Å². The quantitative estimate of drug-likeness (QED) is 0.384. The fraction of sp³-hybridized carbons (Fsp3) is 0. The average molecular weight is 386 g/mol. The van der Waals surface area contributed by atoms with Crippen LogP contribution in [0.15, 0.2) is 109 Å². The highest BCUT2D eigenvalue weighted by molar-refractivity contribution is 5.72. The van der Waals surface area contributed by atoms with E-state index < -0.39 is 0 Å². The van der Waals surface area contributed by atoms with Gasteiger partial charge in [0.25, 0.3) is 0 Å². The molecule has 0 atom stereocenters. The van der Waals surface area contributed by atoms with Crippen molar-refractivity contribution in [2.45, 2.75) is 0 Å². The van der Waals surface area contributed by atoms with Crippen molar-refractivity contribution in [2.24, 2.45) is 0 Å². The lowest BCUT2D eigenvalue weighted by Crippen LogP contribution is -2.00. The maximum atomic E-state index is 4.80. The van der Waals surface area contributed by atoms with E-state index in [0.717, 1.165) is 27.8 Å².